The van der Waals surface area contributed by atoms with Gasteiger partial charge >= 0.3 is 0 Å². The van der Waals surface area contributed by atoms with Gasteiger partial charge in [-0.1, -0.05) is 121 Å². The number of hydrogen-bond donors (Lipinski definition) is 0. The summed E-state index contributed by atoms with van der Waals surface area (Å²) in [4.78, 5) is 0. The highest BCUT2D eigenvalue weighted by atomic mass is 14.3. The quantitative estimate of drug-likeness (QED) is 0.283. The van der Waals surface area contributed by atoms with Gasteiger partial charge in [0.05, 0.1) is 0 Å². The Morgan fingerprint density at radius 3 is 1.61 bits per heavy atom. The highest BCUT2D eigenvalue weighted by Crippen LogP contribution is 2.43. The van der Waals surface area contributed by atoms with Crippen molar-refractivity contribution in [1.29, 1.82) is 0 Å². The maximum absolute atomic E-state index is 2.28. The van der Waals surface area contributed by atoms with E-state index in [2.05, 4.69) is 121 Å². The molecule has 0 N–H and O–H groups in total. The topological polar surface area (TPSA) is 0 Å². The van der Waals surface area contributed by atoms with E-state index in [1.807, 2.05) is 0 Å². The third-order valence-corrected chi connectivity index (χ3v) is 6.37. The van der Waals surface area contributed by atoms with Crippen LogP contribution >= 0.6 is 0 Å². The molecule has 0 saturated carbocycles. The van der Waals surface area contributed by atoms with Gasteiger partial charge in [0.15, 0.2) is 0 Å². The SMILES string of the molecule is c1ccc(-c2ccc(-c3ccccc3-c3cccc4c3Cc3ccccc3-4)cc2)cc1. The first kappa shape index (κ1) is 17.9. The zero-order valence-corrected chi connectivity index (χ0v) is 17.3. The van der Waals surface area contributed by atoms with Crippen molar-refractivity contribution in [3.63, 3.8) is 0 Å². The highest BCUT2D eigenvalue weighted by molar-refractivity contribution is 5.91. The number of hydrogen-bond acceptors (Lipinski definition) is 0. The fourth-order valence-electron chi connectivity index (χ4n) is 4.85. The van der Waals surface area contributed by atoms with E-state index in [-0.39, 0.29) is 0 Å². The lowest BCUT2D eigenvalue weighted by Gasteiger charge is -2.14. The van der Waals surface area contributed by atoms with Crippen LogP contribution in [-0.2, 0) is 6.42 Å². The van der Waals surface area contributed by atoms with Crippen LogP contribution in [-0.4, -0.2) is 0 Å². The lowest BCUT2D eigenvalue weighted by atomic mass is 9.89. The second-order valence-electron chi connectivity index (χ2n) is 8.15. The maximum atomic E-state index is 2.28. The summed E-state index contributed by atoms with van der Waals surface area (Å²) in [6, 6.07) is 43.9. The molecule has 0 saturated heterocycles. The van der Waals surface area contributed by atoms with E-state index in [1.165, 1.54) is 55.6 Å². The minimum Gasteiger partial charge on any atom is -0.0622 e. The lowest BCUT2D eigenvalue weighted by Crippen LogP contribution is -1.91. The van der Waals surface area contributed by atoms with E-state index in [9.17, 15) is 0 Å². The molecule has 0 spiro atoms. The molecule has 0 fully saturated rings. The van der Waals surface area contributed by atoms with Crippen LogP contribution in [0.25, 0.3) is 44.5 Å². The summed E-state index contributed by atoms with van der Waals surface area (Å²) in [7, 11) is 0. The molecule has 31 heavy (non-hydrogen) atoms. The molecule has 0 aromatic heterocycles. The van der Waals surface area contributed by atoms with Crippen molar-refractivity contribution in [1.82, 2.24) is 0 Å². The van der Waals surface area contributed by atoms with Crippen LogP contribution in [0, 0.1) is 0 Å². The van der Waals surface area contributed by atoms with Gasteiger partial charge in [-0.05, 0) is 62.1 Å². The molecular weight excluding hydrogens is 372 g/mol. The van der Waals surface area contributed by atoms with Crippen molar-refractivity contribution in [3.8, 4) is 44.5 Å². The molecule has 0 aliphatic heterocycles. The lowest BCUT2D eigenvalue weighted by molar-refractivity contribution is 1.26. The summed E-state index contributed by atoms with van der Waals surface area (Å²) in [6.07, 6.45) is 1.00. The number of benzene rings is 5. The average molecular weight is 395 g/mol. The first-order chi connectivity index (χ1) is 15.4. The van der Waals surface area contributed by atoms with E-state index in [1.54, 1.807) is 0 Å². The molecule has 0 nitrogen and oxygen atoms in total. The monoisotopic (exact) mass is 394 g/mol. The number of rotatable bonds is 3. The molecule has 146 valence electrons. The zero-order valence-electron chi connectivity index (χ0n) is 17.3. The third-order valence-electron chi connectivity index (χ3n) is 6.37. The van der Waals surface area contributed by atoms with Crippen LogP contribution in [0.4, 0.5) is 0 Å². The Morgan fingerprint density at radius 1 is 0.323 bits per heavy atom. The molecule has 6 rings (SSSR count). The smallest absolute Gasteiger partial charge is 0.000728 e. The molecule has 0 amide bonds. The third kappa shape index (κ3) is 3.08. The van der Waals surface area contributed by atoms with Crippen LogP contribution in [0.5, 0.6) is 0 Å². The van der Waals surface area contributed by atoms with Crippen molar-refractivity contribution in [2.75, 3.05) is 0 Å². The van der Waals surface area contributed by atoms with Gasteiger partial charge in [-0.3, -0.25) is 0 Å². The second-order valence-corrected chi connectivity index (χ2v) is 8.15. The molecule has 5 aromatic rings. The molecule has 0 unspecified atom stereocenters. The summed E-state index contributed by atoms with van der Waals surface area (Å²) >= 11 is 0. The van der Waals surface area contributed by atoms with Gasteiger partial charge in [0.25, 0.3) is 0 Å². The summed E-state index contributed by atoms with van der Waals surface area (Å²) in [5, 5.41) is 0. The van der Waals surface area contributed by atoms with Crippen molar-refractivity contribution >= 4 is 0 Å². The fourth-order valence-corrected chi connectivity index (χ4v) is 4.85. The fraction of sp³-hybridized carbons (Fsp3) is 0.0323. The van der Waals surface area contributed by atoms with Gasteiger partial charge in [-0.25, -0.2) is 0 Å². The van der Waals surface area contributed by atoms with Gasteiger partial charge < -0.3 is 0 Å². The van der Waals surface area contributed by atoms with Crippen LogP contribution in [0.2, 0.25) is 0 Å². The van der Waals surface area contributed by atoms with Gasteiger partial charge in [0.1, 0.15) is 0 Å². The summed E-state index contributed by atoms with van der Waals surface area (Å²) in [6.45, 7) is 0. The molecular formula is C31H22. The van der Waals surface area contributed by atoms with Crippen molar-refractivity contribution in [2.45, 2.75) is 6.42 Å². The summed E-state index contributed by atoms with van der Waals surface area (Å²) in [5.74, 6) is 0. The van der Waals surface area contributed by atoms with Gasteiger partial charge in [0, 0.05) is 0 Å². The Hall–Kier alpha value is -3.90. The summed E-state index contributed by atoms with van der Waals surface area (Å²) < 4.78 is 0. The Kier molecular flexibility index (Phi) is 4.28. The standard InChI is InChI=1S/C31H22/c1-2-9-22(10-3-1)23-17-19-24(20-18-23)26-12-6-7-14-28(26)30-16-8-15-29-27-13-5-4-11-25(27)21-31(29)30/h1-20H,21H2. The minimum atomic E-state index is 1.00. The van der Waals surface area contributed by atoms with Crippen molar-refractivity contribution in [2.24, 2.45) is 0 Å². The maximum Gasteiger partial charge on any atom is -0.000728 e. The van der Waals surface area contributed by atoms with E-state index in [0.717, 1.165) is 6.42 Å². The molecule has 1 aliphatic carbocycles. The Balaban J connectivity index is 1.45. The summed E-state index contributed by atoms with van der Waals surface area (Å²) in [5.41, 5.74) is 13.3. The van der Waals surface area contributed by atoms with Gasteiger partial charge in [-0.2, -0.15) is 0 Å². The van der Waals surface area contributed by atoms with Crippen LogP contribution < -0.4 is 0 Å². The molecule has 0 heteroatoms. The highest BCUT2D eigenvalue weighted by Gasteiger charge is 2.22. The van der Waals surface area contributed by atoms with E-state index >= 15 is 0 Å². The Morgan fingerprint density at radius 2 is 0.839 bits per heavy atom. The second kappa shape index (κ2) is 7.41. The molecule has 0 atom stereocenters. The van der Waals surface area contributed by atoms with E-state index in [0.29, 0.717) is 0 Å². The van der Waals surface area contributed by atoms with E-state index < -0.39 is 0 Å². The average Bonchev–Trinajstić information content (AvgIpc) is 3.24. The predicted molar refractivity (Wildman–Crippen MR) is 131 cm³/mol. The molecule has 0 bridgehead atoms. The number of fused-ring (bicyclic) bond motifs is 3. The minimum absolute atomic E-state index is 1.00. The molecule has 0 radical (unpaired) electrons. The Labute approximate surface area is 183 Å². The zero-order chi connectivity index (χ0) is 20.6. The van der Waals surface area contributed by atoms with E-state index in [4.69, 9.17) is 0 Å². The van der Waals surface area contributed by atoms with Crippen molar-refractivity contribution < 1.29 is 0 Å². The van der Waals surface area contributed by atoms with Crippen LogP contribution in [0.15, 0.2) is 121 Å². The molecule has 1 aliphatic rings. The predicted octanol–water partition coefficient (Wildman–Crippen LogP) is 8.26. The largest absolute Gasteiger partial charge is 0.0622 e. The van der Waals surface area contributed by atoms with Gasteiger partial charge in [-0.15, -0.1) is 0 Å². The first-order valence-corrected chi connectivity index (χ1v) is 10.8. The molecule has 5 aromatic carbocycles. The normalized spacial score (nSPS) is 11.7. The first-order valence-electron chi connectivity index (χ1n) is 10.8. The van der Waals surface area contributed by atoms with Crippen LogP contribution in [0.1, 0.15) is 11.1 Å². The van der Waals surface area contributed by atoms with Gasteiger partial charge in [0.2, 0.25) is 0 Å². The Bertz CT molecular complexity index is 1380. The molecule has 0 heterocycles. The van der Waals surface area contributed by atoms with Crippen molar-refractivity contribution in [3.05, 3.63) is 132 Å². The van der Waals surface area contributed by atoms with Crippen LogP contribution in [0.3, 0.4) is 0 Å².